The van der Waals surface area contributed by atoms with Crippen LogP contribution in [-0.2, 0) is 4.74 Å². The van der Waals surface area contributed by atoms with Gasteiger partial charge < -0.3 is 25.4 Å². The Labute approximate surface area is 102 Å². The number of hydrogen-bond donors (Lipinski definition) is 4. The molecule has 0 spiro atoms. The predicted molar refractivity (Wildman–Crippen MR) is 62.5 cm³/mol. The van der Waals surface area contributed by atoms with Gasteiger partial charge >= 0.3 is 0 Å². The zero-order valence-electron chi connectivity index (χ0n) is 10.6. The highest BCUT2D eigenvalue weighted by Crippen LogP contribution is 2.39. The van der Waals surface area contributed by atoms with Crippen molar-refractivity contribution in [2.75, 3.05) is 6.61 Å². The van der Waals surface area contributed by atoms with Crippen molar-refractivity contribution in [1.29, 1.82) is 0 Å². The highest BCUT2D eigenvalue weighted by molar-refractivity contribution is 5.12. The average molecular weight is 245 g/mol. The molecule has 2 aliphatic rings. The minimum absolute atomic E-state index is 0.0726. The third-order valence-corrected chi connectivity index (χ3v) is 4.42. The molecule has 5 nitrogen and oxygen atoms in total. The zero-order valence-corrected chi connectivity index (χ0v) is 10.6. The topological polar surface area (TPSA) is 82.0 Å². The summed E-state index contributed by atoms with van der Waals surface area (Å²) in [6.07, 6.45) is -1.68. The number of nitrogens with one attached hydrogen (secondary N) is 1. The lowest BCUT2D eigenvalue weighted by Crippen LogP contribution is -2.79. The summed E-state index contributed by atoms with van der Waals surface area (Å²) in [4.78, 5) is 0. The van der Waals surface area contributed by atoms with Gasteiger partial charge in [0.15, 0.2) is 0 Å². The monoisotopic (exact) mass is 245 g/mol. The molecule has 0 aromatic carbocycles. The number of rotatable bonds is 3. The molecule has 4 N–H and O–H groups in total. The van der Waals surface area contributed by atoms with E-state index in [9.17, 15) is 10.2 Å². The molecule has 0 bridgehead atoms. The molecular weight excluding hydrogens is 222 g/mol. The van der Waals surface area contributed by atoms with Gasteiger partial charge in [-0.3, -0.25) is 0 Å². The summed E-state index contributed by atoms with van der Waals surface area (Å²) in [5, 5.41) is 32.1. The van der Waals surface area contributed by atoms with Crippen LogP contribution in [0.3, 0.4) is 0 Å². The lowest BCUT2D eigenvalue weighted by Gasteiger charge is -2.58. The number of aliphatic hydroxyl groups excluding tert-OH is 3. The number of hydrogen-bond acceptors (Lipinski definition) is 5. The van der Waals surface area contributed by atoms with Gasteiger partial charge in [-0.15, -0.1) is 0 Å². The Kier molecular flexibility index (Phi) is 3.49. The third kappa shape index (κ3) is 2.00. The molecule has 0 saturated carbocycles. The molecule has 5 heteroatoms. The summed E-state index contributed by atoms with van der Waals surface area (Å²) in [6.45, 7) is 6.15. The largest absolute Gasteiger partial charge is 0.394 e. The second-order valence-corrected chi connectivity index (χ2v) is 5.82. The summed E-state index contributed by atoms with van der Waals surface area (Å²) in [7, 11) is 0. The van der Waals surface area contributed by atoms with Crippen LogP contribution in [0.2, 0.25) is 0 Å². The van der Waals surface area contributed by atoms with Crippen LogP contribution in [0.5, 0.6) is 0 Å². The summed E-state index contributed by atoms with van der Waals surface area (Å²) in [5.74, 6) is 0. The molecule has 2 heterocycles. The molecule has 17 heavy (non-hydrogen) atoms. The Bertz CT molecular complexity index is 282. The van der Waals surface area contributed by atoms with E-state index in [1.807, 2.05) is 0 Å². The van der Waals surface area contributed by atoms with E-state index in [4.69, 9.17) is 9.84 Å². The highest BCUT2D eigenvalue weighted by atomic mass is 16.5. The van der Waals surface area contributed by atoms with E-state index in [2.05, 4.69) is 26.1 Å². The molecule has 2 fully saturated rings. The van der Waals surface area contributed by atoms with Crippen LogP contribution in [-0.4, -0.2) is 58.4 Å². The van der Waals surface area contributed by atoms with E-state index in [1.54, 1.807) is 0 Å². The van der Waals surface area contributed by atoms with Crippen molar-refractivity contribution in [3.63, 3.8) is 0 Å². The quantitative estimate of drug-likeness (QED) is 0.526. The van der Waals surface area contributed by atoms with Crippen molar-refractivity contribution in [3.8, 4) is 0 Å². The van der Waals surface area contributed by atoms with Gasteiger partial charge in [-0.05, 0) is 11.8 Å². The van der Waals surface area contributed by atoms with Crippen LogP contribution in [0.15, 0.2) is 0 Å². The highest BCUT2D eigenvalue weighted by Gasteiger charge is 2.57. The van der Waals surface area contributed by atoms with Crippen LogP contribution in [0.4, 0.5) is 0 Å². The molecule has 0 amide bonds. The van der Waals surface area contributed by atoms with Gasteiger partial charge in [-0.2, -0.15) is 0 Å². The van der Waals surface area contributed by atoms with Crippen LogP contribution in [0, 0.1) is 5.41 Å². The Hall–Kier alpha value is -0.200. The fraction of sp³-hybridized carbons (Fsp3) is 1.00. The van der Waals surface area contributed by atoms with E-state index >= 15 is 0 Å². The van der Waals surface area contributed by atoms with Gasteiger partial charge in [0.2, 0.25) is 0 Å². The average Bonchev–Trinajstić information content (AvgIpc) is 2.26. The maximum atomic E-state index is 9.92. The fourth-order valence-electron chi connectivity index (χ4n) is 2.70. The summed E-state index contributed by atoms with van der Waals surface area (Å²) in [6, 6.07) is -0.0580. The molecule has 6 atom stereocenters. The molecule has 100 valence electrons. The second kappa shape index (κ2) is 4.48. The number of fused-ring (bicyclic) bond motifs is 1. The summed E-state index contributed by atoms with van der Waals surface area (Å²) >= 11 is 0. The summed E-state index contributed by atoms with van der Waals surface area (Å²) < 4.78 is 5.70. The van der Waals surface area contributed by atoms with Crippen LogP contribution in [0.1, 0.15) is 27.2 Å². The normalized spacial score (nSPS) is 46.2. The fourth-order valence-corrected chi connectivity index (χ4v) is 2.70. The molecule has 0 aromatic heterocycles. The maximum Gasteiger partial charge on any atom is 0.110 e. The molecule has 2 rings (SSSR count). The lowest BCUT2D eigenvalue weighted by atomic mass is 9.69. The van der Waals surface area contributed by atoms with Crippen LogP contribution < -0.4 is 5.32 Å². The Morgan fingerprint density at radius 2 is 1.88 bits per heavy atom. The summed E-state index contributed by atoms with van der Waals surface area (Å²) in [5.41, 5.74) is 0.0726. The Morgan fingerprint density at radius 3 is 2.41 bits per heavy atom. The first-order chi connectivity index (χ1) is 7.92. The lowest BCUT2D eigenvalue weighted by molar-refractivity contribution is -0.244. The van der Waals surface area contributed by atoms with Crippen LogP contribution in [0.25, 0.3) is 0 Å². The smallest absolute Gasteiger partial charge is 0.110 e. The molecule has 6 unspecified atom stereocenters. The molecular formula is C12H23NO4. The molecule has 0 aliphatic carbocycles. The van der Waals surface area contributed by atoms with E-state index in [0.717, 1.165) is 6.42 Å². The first-order valence-electron chi connectivity index (χ1n) is 6.31. The maximum absolute atomic E-state index is 9.92. The van der Waals surface area contributed by atoms with E-state index in [-0.39, 0.29) is 30.2 Å². The number of aliphatic hydroxyl groups is 3. The van der Waals surface area contributed by atoms with Crippen molar-refractivity contribution >= 4 is 0 Å². The van der Waals surface area contributed by atoms with Crippen molar-refractivity contribution in [1.82, 2.24) is 5.32 Å². The van der Waals surface area contributed by atoms with Gasteiger partial charge in [0.05, 0.1) is 18.8 Å². The van der Waals surface area contributed by atoms with Gasteiger partial charge in [-0.1, -0.05) is 20.8 Å². The zero-order chi connectivity index (χ0) is 12.8. The molecule has 2 saturated heterocycles. The molecule has 0 radical (unpaired) electrons. The van der Waals surface area contributed by atoms with Crippen molar-refractivity contribution in [3.05, 3.63) is 0 Å². The van der Waals surface area contributed by atoms with E-state index in [0.29, 0.717) is 0 Å². The van der Waals surface area contributed by atoms with Gasteiger partial charge in [-0.25, -0.2) is 0 Å². The molecule has 0 aromatic rings. The third-order valence-electron chi connectivity index (χ3n) is 4.42. The van der Waals surface area contributed by atoms with Crippen molar-refractivity contribution in [2.45, 2.75) is 63.7 Å². The minimum Gasteiger partial charge on any atom is -0.394 e. The minimum atomic E-state index is -1.01. The van der Waals surface area contributed by atoms with E-state index in [1.165, 1.54) is 0 Å². The first-order valence-corrected chi connectivity index (χ1v) is 6.31. The molecule has 2 aliphatic heterocycles. The number of ether oxygens (including phenoxy) is 1. The standard InChI is InChI=1S/C12H23NO4/c1-4-12(2,3)11-10-7(13-11)9(16)8(15)6(5-14)17-10/h6-11,13-16H,4-5H2,1-3H3. The van der Waals surface area contributed by atoms with Gasteiger partial charge in [0.1, 0.15) is 18.3 Å². The van der Waals surface area contributed by atoms with E-state index < -0.39 is 18.3 Å². The van der Waals surface area contributed by atoms with Crippen LogP contribution >= 0.6 is 0 Å². The Morgan fingerprint density at radius 1 is 1.24 bits per heavy atom. The Balaban J connectivity index is 2.08. The second-order valence-electron chi connectivity index (χ2n) is 5.82. The van der Waals surface area contributed by atoms with Crippen molar-refractivity contribution < 1.29 is 20.1 Å². The SMILES string of the molecule is CCC(C)(C)C1NC2C(O)C(O)C(CO)OC21. The van der Waals surface area contributed by atoms with Gasteiger partial charge in [0, 0.05) is 6.04 Å². The van der Waals surface area contributed by atoms with Crippen molar-refractivity contribution in [2.24, 2.45) is 5.41 Å². The predicted octanol–water partition coefficient (Wildman–Crippen LogP) is -0.755. The van der Waals surface area contributed by atoms with Gasteiger partial charge in [0.25, 0.3) is 0 Å². The first kappa shape index (κ1) is 13.2.